The summed E-state index contributed by atoms with van der Waals surface area (Å²) in [6.07, 6.45) is 0.786. The van der Waals surface area contributed by atoms with E-state index in [-0.39, 0.29) is 41.6 Å². The molecule has 2 amide bonds. The average molecular weight is 443 g/mol. The van der Waals surface area contributed by atoms with Gasteiger partial charge in [0.1, 0.15) is 11.5 Å². The van der Waals surface area contributed by atoms with E-state index in [9.17, 15) is 19.1 Å². The maximum atomic E-state index is 13.2. The molecule has 0 unspecified atom stereocenters. The molecule has 1 aromatic heterocycles. The number of fused-ring (bicyclic) bond motifs is 1. The highest BCUT2D eigenvalue weighted by Gasteiger charge is 2.44. The SMILES string of the molecule is O=C(Nc1ccc(F)cc1Cl)N1CCn2c(c(O)n([C@H]3C[C@@H]3c3ccccc3)c2=O)C1. The van der Waals surface area contributed by atoms with Gasteiger partial charge in [0.15, 0.2) is 0 Å². The van der Waals surface area contributed by atoms with Crippen LogP contribution in [0.4, 0.5) is 14.9 Å². The molecule has 0 bridgehead atoms. The lowest BCUT2D eigenvalue weighted by atomic mass is 10.1. The number of urea groups is 1. The first-order valence-corrected chi connectivity index (χ1v) is 10.4. The lowest BCUT2D eigenvalue weighted by Crippen LogP contribution is -2.42. The first kappa shape index (κ1) is 19.7. The number of nitrogens with zero attached hydrogens (tertiary/aromatic N) is 3. The van der Waals surface area contributed by atoms with Gasteiger partial charge in [0.25, 0.3) is 0 Å². The summed E-state index contributed by atoms with van der Waals surface area (Å²) in [5.41, 5.74) is 1.59. The molecule has 2 aromatic carbocycles. The van der Waals surface area contributed by atoms with E-state index in [1.807, 2.05) is 30.3 Å². The highest BCUT2D eigenvalue weighted by atomic mass is 35.5. The molecule has 160 valence electrons. The van der Waals surface area contributed by atoms with E-state index in [2.05, 4.69) is 5.32 Å². The van der Waals surface area contributed by atoms with Gasteiger partial charge < -0.3 is 15.3 Å². The van der Waals surface area contributed by atoms with E-state index < -0.39 is 11.8 Å². The van der Waals surface area contributed by atoms with Crippen LogP contribution in [-0.2, 0) is 13.1 Å². The van der Waals surface area contributed by atoms with Crippen molar-refractivity contribution < 1.29 is 14.3 Å². The van der Waals surface area contributed by atoms with Gasteiger partial charge >= 0.3 is 11.7 Å². The Balaban J connectivity index is 1.35. The molecule has 1 saturated carbocycles. The number of hydrogen-bond acceptors (Lipinski definition) is 3. The van der Waals surface area contributed by atoms with Gasteiger partial charge in [-0.05, 0) is 30.2 Å². The Hall–Kier alpha value is -3.26. The van der Waals surface area contributed by atoms with Crippen LogP contribution in [0.5, 0.6) is 5.88 Å². The molecular weight excluding hydrogens is 423 g/mol. The summed E-state index contributed by atoms with van der Waals surface area (Å²) in [6.45, 7) is 0.664. The van der Waals surface area contributed by atoms with E-state index in [0.717, 1.165) is 18.1 Å². The average Bonchev–Trinajstić information content (AvgIpc) is 3.51. The van der Waals surface area contributed by atoms with Gasteiger partial charge in [0.2, 0.25) is 5.88 Å². The van der Waals surface area contributed by atoms with Crippen LogP contribution in [0.3, 0.4) is 0 Å². The normalized spacial score (nSPS) is 19.7. The van der Waals surface area contributed by atoms with Crippen LogP contribution in [0, 0.1) is 5.82 Å². The molecule has 1 aliphatic heterocycles. The van der Waals surface area contributed by atoms with Crippen molar-refractivity contribution in [2.24, 2.45) is 0 Å². The van der Waals surface area contributed by atoms with Gasteiger partial charge in [-0.3, -0.25) is 9.13 Å². The Morgan fingerprint density at radius 1 is 1.16 bits per heavy atom. The Morgan fingerprint density at radius 2 is 1.94 bits per heavy atom. The van der Waals surface area contributed by atoms with E-state index in [1.165, 1.54) is 26.2 Å². The number of rotatable bonds is 3. The Labute approximate surface area is 182 Å². The van der Waals surface area contributed by atoms with E-state index in [4.69, 9.17) is 11.6 Å². The molecule has 2 aliphatic rings. The molecule has 1 fully saturated rings. The van der Waals surface area contributed by atoms with Crippen molar-refractivity contribution >= 4 is 23.3 Å². The number of halogens is 2. The first-order chi connectivity index (χ1) is 14.9. The summed E-state index contributed by atoms with van der Waals surface area (Å²) < 4.78 is 16.2. The van der Waals surface area contributed by atoms with Crippen LogP contribution in [0.25, 0.3) is 0 Å². The maximum absolute atomic E-state index is 13.2. The van der Waals surface area contributed by atoms with E-state index >= 15 is 0 Å². The molecule has 2 heterocycles. The topological polar surface area (TPSA) is 79.5 Å². The second kappa shape index (κ2) is 7.46. The minimum atomic E-state index is -0.495. The van der Waals surface area contributed by atoms with Crippen molar-refractivity contribution in [3.8, 4) is 5.88 Å². The highest BCUT2D eigenvalue weighted by molar-refractivity contribution is 6.33. The lowest BCUT2D eigenvalue weighted by molar-refractivity contribution is 0.195. The number of benzene rings is 2. The van der Waals surface area contributed by atoms with Crippen LogP contribution in [0.1, 0.15) is 29.6 Å². The molecule has 2 atom stereocenters. The second-order valence-electron chi connectivity index (χ2n) is 7.87. The zero-order valence-electron chi connectivity index (χ0n) is 16.5. The van der Waals surface area contributed by atoms with Gasteiger partial charge in [-0.25, -0.2) is 14.0 Å². The van der Waals surface area contributed by atoms with E-state index in [1.54, 1.807) is 0 Å². The van der Waals surface area contributed by atoms with Gasteiger partial charge in [-0.1, -0.05) is 41.9 Å². The second-order valence-corrected chi connectivity index (χ2v) is 8.28. The summed E-state index contributed by atoms with van der Waals surface area (Å²) in [7, 11) is 0. The van der Waals surface area contributed by atoms with Crippen molar-refractivity contribution in [3.05, 3.63) is 81.1 Å². The molecule has 0 spiro atoms. The number of anilines is 1. The van der Waals surface area contributed by atoms with Crippen LogP contribution in [0.15, 0.2) is 53.3 Å². The zero-order chi connectivity index (χ0) is 21.7. The molecule has 2 N–H and O–H groups in total. The molecule has 3 aromatic rings. The quantitative estimate of drug-likeness (QED) is 0.645. The molecule has 7 nitrogen and oxygen atoms in total. The summed E-state index contributed by atoms with van der Waals surface area (Å²) in [4.78, 5) is 27.1. The number of carbonyl (C=O) groups excluding carboxylic acids is 1. The number of imidazole rings is 1. The summed E-state index contributed by atoms with van der Waals surface area (Å²) in [6, 6.07) is 13.1. The fourth-order valence-electron chi connectivity index (χ4n) is 4.25. The fourth-order valence-corrected chi connectivity index (χ4v) is 4.46. The number of amides is 2. The highest BCUT2D eigenvalue weighted by Crippen LogP contribution is 2.52. The third-order valence-electron chi connectivity index (χ3n) is 5.96. The smallest absolute Gasteiger partial charge is 0.331 e. The number of hydrogen-bond donors (Lipinski definition) is 2. The third kappa shape index (κ3) is 3.46. The number of aromatic hydroxyl groups is 1. The first-order valence-electron chi connectivity index (χ1n) is 10.0. The van der Waals surface area contributed by atoms with Crippen molar-refractivity contribution in [2.45, 2.75) is 31.5 Å². The number of nitrogens with one attached hydrogen (secondary N) is 1. The predicted molar refractivity (Wildman–Crippen MR) is 114 cm³/mol. The Bertz CT molecular complexity index is 1220. The van der Waals surface area contributed by atoms with Crippen molar-refractivity contribution in [1.82, 2.24) is 14.0 Å². The van der Waals surface area contributed by atoms with Crippen LogP contribution in [0.2, 0.25) is 5.02 Å². The standard InChI is InChI=1S/C22H20ClFN4O3/c23-16-10-14(24)6-7-17(16)25-21(30)26-8-9-27-19(12-26)20(29)28(22(27)31)18-11-15(18)13-4-2-1-3-5-13/h1-7,10,15,18,29H,8-9,11-12H2,(H,25,30)/t15-,18+/m1/s1. The summed E-state index contributed by atoms with van der Waals surface area (Å²) in [5, 5.41) is 13.6. The van der Waals surface area contributed by atoms with Crippen molar-refractivity contribution in [2.75, 3.05) is 11.9 Å². The lowest BCUT2D eigenvalue weighted by Gasteiger charge is -2.28. The molecule has 0 radical (unpaired) electrons. The number of carbonyl (C=O) groups is 1. The maximum Gasteiger partial charge on any atom is 0.331 e. The van der Waals surface area contributed by atoms with Crippen LogP contribution < -0.4 is 11.0 Å². The van der Waals surface area contributed by atoms with Gasteiger partial charge in [0.05, 0.1) is 17.3 Å². The minimum absolute atomic E-state index is 0.0848. The molecule has 1 aliphatic carbocycles. The Kier molecular flexibility index (Phi) is 4.74. The minimum Gasteiger partial charge on any atom is -0.493 e. The molecule has 9 heteroatoms. The molecule has 31 heavy (non-hydrogen) atoms. The molecule has 5 rings (SSSR count). The third-order valence-corrected chi connectivity index (χ3v) is 6.27. The zero-order valence-corrected chi connectivity index (χ0v) is 17.2. The monoisotopic (exact) mass is 442 g/mol. The van der Waals surface area contributed by atoms with Crippen molar-refractivity contribution in [1.29, 1.82) is 0 Å². The predicted octanol–water partition coefficient (Wildman–Crippen LogP) is 3.92. The van der Waals surface area contributed by atoms with Gasteiger partial charge in [-0.15, -0.1) is 0 Å². The van der Waals surface area contributed by atoms with Crippen molar-refractivity contribution in [3.63, 3.8) is 0 Å². The molecular formula is C22H20ClFN4O3. The Morgan fingerprint density at radius 3 is 2.68 bits per heavy atom. The van der Waals surface area contributed by atoms with E-state index in [0.29, 0.717) is 17.9 Å². The van der Waals surface area contributed by atoms with Gasteiger partial charge in [-0.2, -0.15) is 0 Å². The number of aromatic nitrogens is 2. The summed E-state index contributed by atoms with van der Waals surface area (Å²) in [5.74, 6) is -0.398. The van der Waals surface area contributed by atoms with Crippen LogP contribution >= 0.6 is 11.6 Å². The van der Waals surface area contributed by atoms with Crippen LogP contribution in [-0.4, -0.2) is 31.7 Å². The molecule has 0 saturated heterocycles. The fraction of sp³-hybridized carbons (Fsp3) is 0.273. The summed E-state index contributed by atoms with van der Waals surface area (Å²) >= 11 is 5.99. The van der Waals surface area contributed by atoms with Gasteiger partial charge in [0, 0.05) is 25.0 Å². The largest absolute Gasteiger partial charge is 0.493 e.